The number of nitrogens with one attached hydrogen (secondary N) is 2. The van der Waals surface area contributed by atoms with E-state index in [0.717, 1.165) is 24.1 Å². The summed E-state index contributed by atoms with van der Waals surface area (Å²) in [7, 11) is 0. The number of para-hydroxylation sites is 1. The van der Waals surface area contributed by atoms with E-state index < -0.39 is 5.41 Å². The van der Waals surface area contributed by atoms with Crippen LogP contribution in [0, 0.1) is 0 Å². The molecule has 6 heteroatoms. The Labute approximate surface area is 183 Å². The Bertz CT molecular complexity index is 975. The van der Waals surface area contributed by atoms with Gasteiger partial charge >= 0.3 is 0 Å². The number of nitrogens with zero attached hydrogens (tertiary/aromatic N) is 1. The van der Waals surface area contributed by atoms with Crippen molar-refractivity contribution in [2.75, 3.05) is 18.4 Å². The minimum absolute atomic E-state index is 0.000285. The monoisotopic (exact) mass is 419 g/mol. The molecular formula is C25H29N3O3. The molecule has 3 amide bonds. The summed E-state index contributed by atoms with van der Waals surface area (Å²) in [6.45, 7) is 2.53. The maximum Gasteiger partial charge on any atom is 0.237 e. The van der Waals surface area contributed by atoms with Gasteiger partial charge in [0.15, 0.2) is 0 Å². The number of benzene rings is 2. The molecule has 2 N–H and O–H groups in total. The number of fused-ring (bicyclic) bond motifs is 2. The van der Waals surface area contributed by atoms with Crippen LogP contribution in [0.15, 0.2) is 54.6 Å². The van der Waals surface area contributed by atoms with Crippen molar-refractivity contribution in [3.05, 3.63) is 65.7 Å². The lowest BCUT2D eigenvalue weighted by Gasteiger charge is -2.34. The molecule has 2 aromatic carbocycles. The lowest BCUT2D eigenvalue weighted by atomic mass is 9.73. The molecule has 2 atom stereocenters. The Hall–Kier alpha value is -3.15. The van der Waals surface area contributed by atoms with Crippen LogP contribution < -0.4 is 10.6 Å². The van der Waals surface area contributed by atoms with E-state index in [4.69, 9.17) is 0 Å². The fourth-order valence-corrected chi connectivity index (χ4v) is 5.10. The number of hydrogen-bond donors (Lipinski definition) is 2. The Kier molecular flexibility index (Phi) is 6.07. The van der Waals surface area contributed by atoms with Crippen LogP contribution in [0.1, 0.15) is 43.7 Å². The van der Waals surface area contributed by atoms with Crippen LogP contribution in [0.3, 0.4) is 0 Å². The van der Waals surface area contributed by atoms with Crippen molar-refractivity contribution in [2.24, 2.45) is 0 Å². The summed E-state index contributed by atoms with van der Waals surface area (Å²) in [4.78, 5) is 39.4. The van der Waals surface area contributed by atoms with Crippen LogP contribution in [-0.2, 0) is 26.2 Å². The van der Waals surface area contributed by atoms with E-state index in [9.17, 15) is 14.4 Å². The van der Waals surface area contributed by atoms with Gasteiger partial charge in [-0.05, 0) is 42.9 Å². The van der Waals surface area contributed by atoms with Gasteiger partial charge in [0.2, 0.25) is 17.7 Å². The molecule has 162 valence electrons. The summed E-state index contributed by atoms with van der Waals surface area (Å²) < 4.78 is 0. The van der Waals surface area contributed by atoms with E-state index >= 15 is 0 Å². The van der Waals surface area contributed by atoms with Crippen LogP contribution in [0.2, 0.25) is 0 Å². The molecule has 6 nitrogen and oxygen atoms in total. The van der Waals surface area contributed by atoms with Crippen LogP contribution in [-0.4, -0.2) is 41.8 Å². The molecule has 1 fully saturated rings. The predicted octanol–water partition coefficient (Wildman–Crippen LogP) is 3.03. The summed E-state index contributed by atoms with van der Waals surface area (Å²) >= 11 is 0. The zero-order valence-corrected chi connectivity index (χ0v) is 17.9. The zero-order chi connectivity index (χ0) is 21.8. The molecule has 31 heavy (non-hydrogen) atoms. The average Bonchev–Trinajstić information content (AvgIpc) is 3.29. The van der Waals surface area contributed by atoms with Crippen LogP contribution in [0.25, 0.3) is 0 Å². The SMILES string of the molecule is CC(=O)NCCCC(=O)N1CC[C@]2(C(=O)Nc3ccccc32)[C@@H]1CCc1ccccc1. The second-order valence-electron chi connectivity index (χ2n) is 8.43. The van der Waals surface area contributed by atoms with Gasteiger partial charge in [-0.3, -0.25) is 14.4 Å². The highest BCUT2D eigenvalue weighted by Crippen LogP contribution is 2.49. The van der Waals surface area contributed by atoms with Gasteiger partial charge < -0.3 is 15.5 Å². The van der Waals surface area contributed by atoms with Crippen LogP contribution in [0.4, 0.5) is 5.69 Å². The van der Waals surface area contributed by atoms with Gasteiger partial charge in [0.1, 0.15) is 0 Å². The zero-order valence-electron chi connectivity index (χ0n) is 17.9. The Morgan fingerprint density at radius 2 is 1.87 bits per heavy atom. The summed E-state index contributed by atoms with van der Waals surface area (Å²) in [6, 6.07) is 17.9. The second-order valence-corrected chi connectivity index (χ2v) is 8.43. The third-order valence-corrected chi connectivity index (χ3v) is 6.56. The number of carbonyl (C=O) groups is 3. The summed E-state index contributed by atoms with van der Waals surface area (Å²) in [5.41, 5.74) is 2.37. The Morgan fingerprint density at radius 1 is 1.13 bits per heavy atom. The van der Waals surface area contributed by atoms with Gasteiger partial charge in [-0.15, -0.1) is 0 Å². The first-order chi connectivity index (χ1) is 15.0. The molecule has 0 unspecified atom stereocenters. The third-order valence-electron chi connectivity index (χ3n) is 6.56. The van der Waals surface area contributed by atoms with Crippen LogP contribution >= 0.6 is 0 Å². The van der Waals surface area contributed by atoms with Crippen molar-refractivity contribution >= 4 is 23.4 Å². The van der Waals surface area contributed by atoms with Gasteiger partial charge in [-0.2, -0.15) is 0 Å². The molecule has 1 spiro atoms. The molecule has 0 aromatic heterocycles. The maximum atomic E-state index is 13.3. The molecule has 0 saturated carbocycles. The molecule has 0 aliphatic carbocycles. The van der Waals surface area contributed by atoms with Crippen molar-refractivity contribution in [1.29, 1.82) is 0 Å². The van der Waals surface area contributed by atoms with Crippen molar-refractivity contribution in [3.63, 3.8) is 0 Å². The van der Waals surface area contributed by atoms with E-state index in [1.807, 2.05) is 47.4 Å². The van der Waals surface area contributed by atoms with E-state index in [2.05, 4.69) is 22.8 Å². The highest BCUT2D eigenvalue weighted by Gasteiger charge is 2.58. The standard InChI is InChI=1S/C25H29N3O3/c1-18(29)26-16-7-12-23(30)28-17-15-25(20-10-5-6-11-21(20)27-24(25)31)22(28)14-13-19-8-3-2-4-9-19/h2-6,8-11,22H,7,12-17H2,1H3,(H,26,29)(H,27,31)/t22-,25+/m0/s1. The minimum Gasteiger partial charge on any atom is -0.356 e. The Balaban J connectivity index is 1.58. The number of rotatable bonds is 7. The number of anilines is 1. The van der Waals surface area contributed by atoms with Gasteiger partial charge in [0.25, 0.3) is 0 Å². The lowest BCUT2D eigenvalue weighted by Crippen LogP contribution is -2.49. The topological polar surface area (TPSA) is 78.5 Å². The lowest BCUT2D eigenvalue weighted by molar-refractivity contribution is -0.133. The molecule has 0 bridgehead atoms. The number of carbonyl (C=O) groups excluding carboxylic acids is 3. The highest BCUT2D eigenvalue weighted by atomic mass is 16.2. The molecule has 2 aliphatic rings. The molecule has 0 radical (unpaired) electrons. The molecule has 4 rings (SSSR count). The van der Waals surface area contributed by atoms with Crippen LogP contribution in [0.5, 0.6) is 0 Å². The summed E-state index contributed by atoms with van der Waals surface area (Å²) in [5, 5.41) is 5.80. The van der Waals surface area contributed by atoms with E-state index in [1.165, 1.54) is 12.5 Å². The van der Waals surface area contributed by atoms with E-state index in [0.29, 0.717) is 32.4 Å². The van der Waals surface area contributed by atoms with Gasteiger partial charge in [0, 0.05) is 32.1 Å². The van der Waals surface area contributed by atoms with Crippen molar-refractivity contribution in [1.82, 2.24) is 10.2 Å². The van der Waals surface area contributed by atoms with Gasteiger partial charge in [-0.1, -0.05) is 48.5 Å². The first-order valence-electron chi connectivity index (χ1n) is 11.0. The number of amides is 3. The van der Waals surface area contributed by atoms with Crippen molar-refractivity contribution < 1.29 is 14.4 Å². The fourth-order valence-electron chi connectivity index (χ4n) is 5.10. The number of hydrogen-bond acceptors (Lipinski definition) is 3. The predicted molar refractivity (Wildman–Crippen MR) is 120 cm³/mol. The second kappa shape index (κ2) is 8.92. The maximum absolute atomic E-state index is 13.3. The normalized spacial score (nSPS) is 21.8. The number of aryl methyl sites for hydroxylation is 1. The van der Waals surface area contributed by atoms with Crippen molar-refractivity contribution in [3.8, 4) is 0 Å². The smallest absolute Gasteiger partial charge is 0.237 e. The third kappa shape index (κ3) is 4.07. The quantitative estimate of drug-likeness (QED) is 0.677. The average molecular weight is 420 g/mol. The largest absolute Gasteiger partial charge is 0.356 e. The first-order valence-corrected chi connectivity index (χ1v) is 11.0. The van der Waals surface area contributed by atoms with E-state index in [1.54, 1.807) is 0 Å². The Morgan fingerprint density at radius 3 is 2.65 bits per heavy atom. The summed E-state index contributed by atoms with van der Waals surface area (Å²) in [6.07, 6.45) is 3.12. The minimum atomic E-state index is -0.696. The fraction of sp³-hybridized carbons (Fsp3) is 0.400. The molecule has 2 aliphatic heterocycles. The van der Waals surface area contributed by atoms with Crippen molar-refractivity contribution in [2.45, 2.75) is 50.5 Å². The first kappa shape index (κ1) is 21.1. The highest BCUT2D eigenvalue weighted by molar-refractivity contribution is 6.07. The van der Waals surface area contributed by atoms with E-state index in [-0.39, 0.29) is 23.8 Å². The van der Waals surface area contributed by atoms with Gasteiger partial charge in [-0.25, -0.2) is 0 Å². The van der Waals surface area contributed by atoms with Gasteiger partial charge in [0.05, 0.1) is 11.5 Å². The molecule has 1 saturated heterocycles. The molecule has 2 aromatic rings. The molecule has 2 heterocycles. The molecular weight excluding hydrogens is 390 g/mol. The number of likely N-dealkylation sites (tertiary alicyclic amines) is 1. The summed E-state index contributed by atoms with van der Waals surface area (Å²) in [5.74, 6) is -0.0367.